The fourth-order valence-electron chi connectivity index (χ4n) is 3.74. The molecule has 1 aromatic heterocycles. The van der Waals surface area contributed by atoms with Crippen LogP contribution in [-0.4, -0.2) is 27.1 Å². The number of halogens is 2. The molecule has 1 amide bonds. The van der Waals surface area contributed by atoms with Crippen molar-refractivity contribution in [3.63, 3.8) is 0 Å². The SMILES string of the molecule is O=C(CCc1cnn(-c2ccccc2)c1)N1CCCC1c1ccc(Cl)c(Cl)c1. The molecule has 144 valence electrons. The zero-order chi connectivity index (χ0) is 19.5. The number of para-hydroxylation sites is 1. The second kappa shape index (κ2) is 8.38. The van der Waals surface area contributed by atoms with Gasteiger partial charge in [0, 0.05) is 19.2 Å². The largest absolute Gasteiger partial charge is 0.336 e. The molecular weight excluding hydrogens is 393 g/mol. The molecule has 4 nitrogen and oxygen atoms in total. The standard InChI is InChI=1S/C22H21Cl2N3O/c23-19-10-9-17(13-20(19)24)21-7-4-12-26(21)22(28)11-8-16-14-25-27(15-16)18-5-2-1-3-6-18/h1-3,5-6,9-10,13-15,21H,4,7-8,11-12H2. The Balaban J connectivity index is 1.40. The van der Waals surface area contributed by atoms with Gasteiger partial charge in [0.2, 0.25) is 5.91 Å². The fraction of sp³-hybridized carbons (Fsp3) is 0.273. The normalized spacial score (nSPS) is 16.5. The molecule has 1 fully saturated rings. The van der Waals surface area contributed by atoms with E-state index in [0.717, 1.165) is 36.2 Å². The second-order valence-corrected chi connectivity index (χ2v) is 7.86. The monoisotopic (exact) mass is 413 g/mol. The molecule has 0 saturated carbocycles. The molecule has 1 saturated heterocycles. The van der Waals surface area contributed by atoms with Crippen LogP contribution >= 0.6 is 23.2 Å². The van der Waals surface area contributed by atoms with Gasteiger partial charge in [-0.1, -0.05) is 47.5 Å². The van der Waals surface area contributed by atoms with Gasteiger partial charge in [-0.2, -0.15) is 5.10 Å². The molecule has 1 atom stereocenters. The van der Waals surface area contributed by atoms with Gasteiger partial charge >= 0.3 is 0 Å². The second-order valence-electron chi connectivity index (χ2n) is 7.05. The number of likely N-dealkylation sites (tertiary alicyclic amines) is 1. The number of hydrogen-bond donors (Lipinski definition) is 0. The van der Waals surface area contributed by atoms with E-state index in [1.54, 1.807) is 6.07 Å². The van der Waals surface area contributed by atoms with E-state index in [9.17, 15) is 4.79 Å². The topological polar surface area (TPSA) is 38.1 Å². The van der Waals surface area contributed by atoms with Gasteiger partial charge in [0.25, 0.3) is 0 Å². The molecule has 0 bridgehead atoms. The van der Waals surface area contributed by atoms with Crippen molar-refractivity contribution >= 4 is 29.1 Å². The Morgan fingerprint density at radius 2 is 1.93 bits per heavy atom. The first-order chi connectivity index (χ1) is 13.6. The van der Waals surface area contributed by atoms with Gasteiger partial charge in [-0.25, -0.2) is 4.68 Å². The highest BCUT2D eigenvalue weighted by atomic mass is 35.5. The van der Waals surface area contributed by atoms with E-state index >= 15 is 0 Å². The molecule has 2 heterocycles. The van der Waals surface area contributed by atoms with Crippen molar-refractivity contribution in [2.75, 3.05) is 6.54 Å². The maximum atomic E-state index is 12.9. The minimum Gasteiger partial charge on any atom is -0.336 e. The molecule has 0 N–H and O–H groups in total. The molecule has 0 spiro atoms. The van der Waals surface area contributed by atoms with Gasteiger partial charge in [-0.15, -0.1) is 0 Å². The summed E-state index contributed by atoms with van der Waals surface area (Å²) in [6.07, 6.45) is 6.93. The Kier molecular flexibility index (Phi) is 5.69. The number of carbonyl (C=O) groups excluding carboxylic acids is 1. The van der Waals surface area contributed by atoms with Crippen molar-refractivity contribution < 1.29 is 4.79 Å². The molecule has 6 heteroatoms. The van der Waals surface area contributed by atoms with E-state index in [0.29, 0.717) is 22.9 Å². The fourth-order valence-corrected chi connectivity index (χ4v) is 4.04. The summed E-state index contributed by atoms with van der Waals surface area (Å²) in [4.78, 5) is 14.8. The summed E-state index contributed by atoms with van der Waals surface area (Å²) in [5.74, 6) is 0.168. The molecular formula is C22H21Cl2N3O. The number of aryl methyl sites for hydroxylation is 1. The summed E-state index contributed by atoms with van der Waals surface area (Å²) in [5, 5.41) is 5.48. The van der Waals surface area contributed by atoms with Crippen molar-refractivity contribution in [1.82, 2.24) is 14.7 Å². The smallest absolute Gasteiger partial charge is 0.223 e. The molecule has 1 aliphatic rings. The van der Waals surface area contributed by atoms with Crippen LogP contribution in [0.15, 0.2) is 60.9 Å². The average Bonchev–Trinajstić information content (AvgIpc) is 3.39. The third-order valence-electron chi connectivity index (χ3n) is 5.19. The lowest BCUT2D eigenvalue weighted by Crippen LogP contribution is -2.30. The number of nitrogens with zero attached hydrogens (tertiary/aromatic N) is 3. The first-order valence-electron chi connectivity index (χ1n) is 9.45. The summed E-state index contributed by atoms with van der Waals surface area (Å²) in [7, 11) is 0. The predicted molar refractivity (Wildman–Crippen MR) is 112 cm³/mol. The highest BCUT2D eigenvalue weighted by Gasteiger charge is 2.29. The van der Waals surface area contributed by atoms with E-state index in [2.05, 4.69) is 5.10 Å². The van der Waals surface area contributed by atoms with Gasteiger partial charge < -0.3 is 4.90 Å². The number of rotatable bonds is 5. The van der Waals surface area contributed by atoms with E-state index in [4.69, 9.17) is 23.2 Å². The molecule has 4 rings (SSSR count). The Bertz CT molecular complexity index is 971. The molecule has 1 unspecified atom stereocenters. The number of benzene rings is 2. The van der Waals surface area contributed by atoms with Gasteiger partial charge in [0.05, 0.1) is 28.0 Å². The first kappa shape index (κ1) is 19.0. The van der Waals surface area contributed by atoms with Crippen LogP contribution in [0.3, 0.4) is 0 Å². The molecule has 0 radical (unpaired) electrons. The Labute approximate surface area is 174 Å². The zero-order valence-electron chi connectivity index (χ0n) is 15.4. The van der Waals surface area contributed by atoms with E-state index < -0.39 is 0 Å². The maximum absolute atomic E-state index is 12.9. The summed E-state index contributed by atoms with van der Waals surface area (Å²) in [5.41, 5.74) is 3.12. The summed E-state index contributed by atoms with van der Waals surface area (Å²) >= 11 is 12.2. The van der Waals surface area contributed by atoms with Crippen LogP contribution in [0.25, 0.3) is 5.69 Å². The minimum absolute atomic E-state index is 0.0781. The summed E-state index contributed by atoms with van der Waals surface area (Å²) in [6.45, 7) is 0.785. The number of hydrogen-bond acceptors (Lipinski definition) is 2. The Morgan fingerprint density at radius 1 is 1.11 bits per heavy atom. The molecule has 28 heavy (non-hydrogen) atoms. The van der Waals surface area contributed by atoms with E-state index in [-0.39, 0.29) is 11.9 Å². The van der Waals surface area contributed by atoms with Crippen molar-refractivity contribution in [3.8, 4) is 5.69 Å². The van der Waals surface area contributed by atoms with Crippen LogP contribution < -0.4 is 0 Å². The van der Waals surface area contributed by atoms with Crippen LogP contribution in [0.2, 0.25) is 10.0 Å². The lowest BCUT2D eigenvalue weighted by atomic mass is 10.0. The van der Waals surface area contributed by atoms with Crippen molar-refractivity contribution in [1.29, 1.82) is 0 Å². The van der Waals surface area contributed by atoms with E-state index in [1.165, 1.54) is 0 Å². The predicted octanol–water partition coefficient (Wildman–Crippen LogP) is 5.48. The summed E-state index contributed by atoms with van der Waals surface area (Å²) < 4.78 is 1.84. The highest BCUT2D eigenvalue weighted by molar-refractivity contribution is 6.42. The minimum atomic E-state index is 0.0781. The molecule has 3 aromatic rings. The molecule has 0 aliphatic carbocycles. The van der Waals surface area contributed by atoms with Crippen LogP contribution in [-0.2, 0) is 11.2 Å². The lowest BCUT2D eigenvalue weighted by Gasteiger charge is -2.25. The molecule has 2 aromatic carbocycles. The maximum Gasteiger partial charge on any atom is 0.223 e. The van der Waals surface area contributed by atoms with E-state index in [1.807, 2.05) is 64.4 Å². The Hall–Kier alpha value is -2.30. The van der Waals surface area contributed by atoms with Gasteiger partial charge in [-0.05, 0) is 54.7 Å². The quantitative estimate of drug-likeness (QED) is 0.555. The van der Waals surface area contributed by atoms with Crippen LogP contribution in [0.4, 0.5) is 0 Å². The van der Waals surface area contributed by atoms with Crippen LogP contribution in [0.5, 0.6) is 0 Å². The first-order valence-corrected chi connectivity index (χ1v) is 10.2. The highest BCUT2D eigenvalue weighted by Crippen LogP contribution is 2.35. The van der Waals surface area contributed by atoms with Crippen molar-refractivity contribution in [2.24, 2.45) is 0 Å². The number of carbonyl (C=O) groups is 1. The van der Waals surface area contributed by atoms with Crippen molar-refractivity contribution in [2.45, 2.75) is 31.7 Å². The van der Waals surface area contributed by atoms with Crippen molar-refractivity contribution in [3.05, 3.63) is 82.1 Å². The van der Waals surface area contributed by atoms with Crippen LogP contribution in [0.1, 0.15) is 36.4 Å². The average molecular weight is 414 g/mol. The van der Waals surface area contributed by atoms with Crippen LogP contribution in [0, 0.1) is 0 Å². The van der Waals surface area contributed by atoms with Gasteiger partial charge in [0.15, 0.2) is 0 Å². The summed E-state index contributed by atoms with van der Waals surface area (Å²) in [6, 6.07) is 15.7. The number of aromatic nitrogens is 2. The van der Waals surface area contributed by atoms with Gasteiger partial charge in [-0.3, -0.25) is 4.79 Å². The third-order valence-corrected chi connectivity index (χ3v) is 5.92. The van der Waals surface area contributed by atoms with Gasteiger partial charge in [0.1, 0.15) is 0 Å². The number of amides is 1. The zero-order valence-corrected chi connectivity index (χ0v) is 16.9. The Morgan fingerprint density at radius 3 is 2.71 bits per heavy atom. The third kappa shape index (κ3) is 4.08. The molecule has 1 aliphatic heterocycles. The lowest BCUT2D eigenvalue weighted by molar-refractivity contribution is -0.132.